The van der Waals surface area contributed by atoms with Crippen molar-refractivity contribution in [3.05, 3.63) is 53.1 Å². The molecule has 7 heteroatoms. The number of carbonyl (C=O) groups is 1. The van der Waals surface area contributed by atoms with Crippen LogP contribution >= 0.6 is 11.6 Å². The Morgan fingerprint density at radius 2 is 2.04 bits per heavy atom. The van der Waals surface area contributed by atoms with Crippen molar-refractivity contribution in [3.8, 4) is 11.5 Å². The fraction of sp³-hybridized carbons (Fsp3) is 0.333. The number of carboxylic acids is 1. The molecule has 2 aromatic carbocycles. The molecule has 28 heavy (non-hydrogen) atoms. The molecule has 1 fully saturated rings. The van der Waals surface area contributed by atoms with Crippen LogP contribution in [-0.4, -0.2) is 59.4 Å². The van der Waals surface area contributed by atoms with Gasteiger partial charge in [-0.2, -0.15) is 0 Å². The zero-order valence-corrected chi connectivity index (χ0v) is 16.6. The van der Waals surface area contributed by atoms with Gasteiger partial charge < -0.3 is 14.7 Å². The number of amidine groups is 1. The molecule has 146 valence electrons. The smallest absolute Gasteiger partial charge is 0.307 e. The second kappa shape index (κ2) is 7.45. The summed E-state index contributed by atoms with van der Waals surface area (Å²) < 4.78 is 6.11. The zero-order valence-electron chi connectivity index (χ0n) is 15.8. The maximum atomic E-state index is 11.6. The van der Waals surface area contributed by atoms with E-state index in [1.807, 2.05) is 37.4 Å². The molecule has 0 spiro atoms. The van der Waals surface area contributed by atoms with Crippen LogP contribution in [0.3, 0.4) is 0 Å². The average molecular weight is 400 g/mol. The van der Waals surface area contributed by atoms with Crippen molar-refractivity contribution in [1.82, 2.24) is 9.80 Å². The minimum atomic E-state index is -0.789. The molecule has 2 aliphatic heterocycles. The number of aliphatic imine (C=N–C) groups is 1. The molecule has 0 amide bonds. The molecular formula is C21H22ClN3O3. The van der Waals surface area contributed by atoms with Gasteiger partial charge in [0.2, 0.25) is 0 Å². The summed E-state index contributed by atoms with van der Waals surface area (Å²) in [6.45, 7) is 3.84. The molecule has 2 aromatic rings. The van der Waals surface area contributed by atoms with Crippen molar-refractivity contribution in [3.63, 3.8) is 0 Å². The number of para-hydroxylation sites is 1. The first-order chi connectivity index (χ1) is 13.4. The van der Waals surface area contributed by atoms with Crippen molar-refractivity contribution in [2.24, 2.45) is 10.9 Å². The number of likely N-dealkylation sites (N-methyl/N-ethyl adjacent to an activating group) is 1. The highest BCUT2D eigenvalue weighted by atomic mass is 35.5. The average Bonchev–Trinajstić information content (AvgIpc) is 2.84. The molecule has 6 nitrogen and oxygen atoms in total. The quantitative estimate of drug-likeness (QED) is 0.830. The number of benzene rings is 2. The first-order valence-corrected chi connectivity index (χ1v) is 9.65. The van der Waals surface area contributed by atoms with E-state index in [1.165, 1.54) is 0 Å². The number of hydrogen-bond acceptors (Lipinski definition) is 5. The van der Waals surface area contributed by atoms with Gasteiger partial charge in [0.15, 0.2) is 5.75 Å². The predicted octanol–water partition coefficient (Wildman–Crippen LogP) is 3.86. The third-order valence-electron chi connectivity index (χ3n) is 5.46. The lowest BCUT2D eigenvalue weighted by atomic mass is 9.97. The first-order valence-electron chi connectivity index (χ1n) is 9.27. The van der Waals surface area contributed by atoms with Gasteiger partial charge in [-0.15, -0.1) is 0 Å². The maximum absolute atomic E-state index is 11.6. The van der Waals surface area contributed by atoms with Gasteiger partial charge in [-0.1, -0.05) is 30.7 Å². The summed E-state index contributed by atoms with van der Waals surface area (Å²) in [7, 11) is 1.97. The van der Waals surface area contributed by atoms with Crippen LogP contribution in [0.2, 0.25) is 5.02 Å². The molecule has 0 aromatic heterocycles. The van der Waals surface area contributed by atoms with Crippen molar-refractivity contribution < 1.29 is 14.6 Å². The highest BCUT2D eigenvalue weighted by Gasteiger charge is 2.35. The summed E-state index contributed by atoms with van der Waals surface area (Å²) in [5, 5.41) is 10.1. The number of nitrogens with zero attached hydrogens (tertiary/aromatic N) is 3. The summed E-state index contributed by atoms with van der Waals surface area (Å²) in [6.07, 6.45) is 0. The molecule has 2 aliphatic rings. The largest absolute Gasteiger partial charge is 0.481 e. The minimum absolute atomic E-state index is 0.107. The van der Waals surface area contributed by atoms with Gasteiger partial charge in [0.1, 0.15) is 17.3 Å². The molecule has 1 N–H and O–H groups in total. The Balaban J connectivity index is 1.77. The van der Waals surface area contributed by atoms with Crippen LogP contribution in [0.1, 0.15) is 12.5 Å². The highest BCUT2D eigenvalue weighted by Crippen LogP contribution is 2.39. The number of hydrogen-bond donors (Lipinski definition) is 1. The van der Waals surface area contributed by atoms with Crippen LogP contribution in [0.4, 0.5) is 5.69 Å². The number of aliphatic carboxylic acids is 1. The fourth-order valence-electron chi connectivity index (χ4n) is 3.74. The van der Waals surface area contributed by atoms with Gasteiger partial charge in [-0.05, 0) is 37.4 Å². The second-order valence-electron chi connectivity index (χ2n) is 7.27. The van der Waals surface area contributed by atoms with Gasteiger partial charge in [0, 0.05) is 30.7 Å². The third-order valence-corrected chi connectivity index (χ3v) is 5.69. The topological polar surface area (TPSA) is 65.4 Å². The second-order valence-corrected chi connectivity index (χ2v) is 7.70. The molecule has 4 rings (SSSR count). The van der Waals surface area contributed by atoms with Crippen molar-refractivity contribution in [2.75, 3.05) is 26.7 Å². The monoisotopic (exact) mass is 399 g/mol. The molecular weight excluding hydrogens is 378 g/mol. The molecule has 0 radical (unpaired) electrons. The summed E-state index contributed by atoms with van der Waals surface area (Å²) in [5.74, 6) is 0.891. The lowest BCUT2D eigenvalue weighted by Crippen LogP contribution is -2.56. The molecule has 2 atom stereocenters. The van der Waals surface area contributed by atoms with Gasteiger partial charge in [0.05, 0.1) is 11.5 Å². The lowest BCUT2D eigenvalue weighted by Gasteiger charge is -2.42. The molecule has 0 bridgehead atoms. The number of piperazine rings is 1. The standard InChI is InChI=1S/C21H22ClN3O3/c1-13(21(26)27)17-12-25(10-9-24(17)2)20-15-5-3-4-6-18(15)28-19-8-7-14(22)11-16(19)23-20/h3-8,11,13,17H,9-10,12H2,1-2H3,(H,26,27). The normalized spacial score (nSPS) is 20.3. The van der Waals surface area contributed by atoms with Crippen molar-refractivity contribution >= 4 is 29.1 Å². The Morgan fingerprint density at radius 3 is 2.82 bits per heavy atom. The van der Waals surface area contributed by atoms with Crippen LogP contribution in [0.15, 0.2) is 47.5 Å². The Kier molecular flexibility index (Phi) is 5.00. The van der Waals surface area contributed by atoms with Crippen molar-refractivity contribution in [1.29, 1.82) is 0 Å². The fourth-order valence-corrected chi connectivity index (χ4v) is 3.90. The summed E-state index contributed by atoms with van der Waals surface area (Å²) >= 11 is 6.18. The molecule has 1 saturated heterocycles. The summed E-state index contributed by atoms with van der Waals surface area (Å²) in [5.41, 5.74) is 1.56. The minimum Gasteiger partial charge on any atom is -0.481 e. The molecule has 2 heterocycles. The van der Waals surface area contributed by atoms with Crippen LogP contribution < -0.4 is 4.74 Å². The van der Waals surface area contributed by atoms with Crippen LogP contribution in [0, 0.1) is 5.92 Å². The Morgan fingerprint density at radius 1 is 1.25 bits per heavy atom. The van der Waals surface area contributed by atoms with E-state index in [0.717, 1.165) is 30.2 Å². The predicted molar refractivity (Wildman–Crippen MR) is 109 cm³/mol. The number of rotatable bonds is 2. The maximum Gasteiger partial charge on any atom is 0.307 e. The first kappa shape index (κ1) is 18.8. The number of ether oxygens (including phenoxy) is 1. The summed E-state index contributed by atoms with van der Waals surface area (Å²) in [4.78, 5) is 20.7. The third kappa shape index (κ3) is 3.45. The van der Waals surface area contributed by atoms with E-state index in [2.05, 4.69) is 9.80 Å². The van der Waals surface area contributed by atoms with Gasteiger partial charge in [-0.3, -0.25) is 9.69 Å². The van der Waals surface area contributed by atoms with E-state index in [-0.39, 0.29) is 6.04 Å². The van der Waals surface area contributed by atoms with Gasteiger partial charge in [0.25, 0.3) is 0 Å². The van der Waals surface area contributed by atoms with E-state index < -0.39 is 11.9 Å². The molecule has 0 saturated carbocycles. The van der Waals surface area contributed by atoms with E-state index in [4.69, 9.17) is 21.3 Å². The highest BCUT2D eigenvalue weighted by molar-refractivity contribution is 6.31. The molecule has 2 unspecified atom stereocenters. The Hall–Kier alpha value is -2.57. The van der Waals surface area contributed by atoms with Crippen molar-refractivity contribution in [2.45, 2.75) is 13.0 Å². The number of fused-ring (bicyclic) bond motifs is 2. The Labute approximate surface area is 169 Å². The van der Waals surface area contributed by atoms with E-state index in [0.29, 0.717) is 23.0 Å². The zero-order chi connectivity index (χ0) is 19.8. The van der Waals surface area contributed by atoms with E-state index in [9.17, 15) is 9.90 Å². The summed E-state index contributed by atoms with van der Waals surface area (Å²) in [6, 6.07) is 13.1. The van der Waals surface area contributed by atoms with E-state index >= 15 is 0 Å². The molecule has 0 aliphatic carbocycles. The van der Waals surface area contributed by atoms with Crippen LogP contribution in [-0.2, 0) is 4.79 Å². The van der Waals surface area contributed by atoms with Gasteiger partial charge >= 0.3 is 5.97 Å². The number of halogens is 1. The van der Waals surface area contributed by atoms with Gasteiger partial charge in [-0.25, -0.2) is 4.99 Å². The van der Waals surface area contributed by atoms with Crippen LogP contribution in [0.25, 0.3) is 0 Å². The SMILES string of the molecule is CC(C(=O)O)C1CN(C2=Nc3cc(Cl)ccc3Oc3ccccc32)CCN1C. The number of carboxylic acid groups (broad SMARTS) is 1. The van der Waals surface area contributed by atoms with Crippen LogP contribution in [0.5, 0.6) is 11.5 Å². The Bertz CT molecular complexity index is 946. The van der Waals surface area contributed by atoms with E-state index in [1.54, 1.807) is 19.1 Å². The lowest BCUT2D eigenvalue weighted by molar-refractivity contribution is -0.144.